The SMILES string of the molecule is O=C(Cl)/C(=C\c1cccc([N+](=O)[O-])c1)c1ccccc1. The molecule has 0 unspecified atom stereocenters. The molecule has 0 saturated carbocycles. The lowest BCUT2D eigenvalue weighted by Gasteiger charge is -2.03. The minimum absolute atomic E-state index is 0.0341. The van der Waals surface area contributed by atoms with E-state index in [4.69, 9.17) is 11.6 Å². The smallest absolute Gasteiger partial charge is 0.270 e. The van der Waals surface area contributed by atoms with Gasteiger partial charge in [0.25, 0.3) is 10.9 Å². The fourth-order valence-corrected chi connectivity index (χ4v) is 1.93. The number of hydrogen-bond donors (Lipinski definition) is 0. The first-order valence-corrected chi connectivity index (χ1v) is 6.17. The van der Waals surface area contributed by atoms with Gasteiger partial charge in [-0.2, -0.15) is 0 Å². The van der Waals surface area contributed by atoms with Crippen molar-refractivity contribution in [1.29, 1.82) is 0 Å². The summed E-state index contributed by atoms with van der Waals surface area (Å²) in [6, 6.07) is 14.9. The summed E-state index contributed by atoms with van der Waals surface area (Å²) in [4.78, 5) is 21.8. The number of allylic oxidation sites excluding steroid dienone is 1. The molecule has 20 heavy (non-hydrogen) atoms. The van der Waals surface area contributed by atoms with E-state index < -0.39 is 10.2 Å². The number of non-ortho nitro benzene ring substituents is 1. The van der Waals surface area contributed by atoms with Crippen molar-refractivity contribution in [2.24, 2.45) is 0 Å². The van der Waals surface area contributed by atoms with Gasteiger partial charge in [0.2, 0.25) is 0 Å². The van der Waals surface area contributed by atoms with Gasteiger partial charge in [-0.05, 0) is 28.8 Å². The van der Waals surface area contributed by atoms with Crippen molar-refractivity contribution in [1.82, 2.24) is 0 Å². The zero-order valence-electron chi connectivity index (χ0n) is 10.3. The Hall–Kier alpha value is -2.46. The Morgan fingerprint density at radius 3 is 2.40 bits per heavy atom. The Balaban J connectivity index is 2.47. The van der Waals surface area contributed by atoms with E-state index in [1.165, 1.54) is 18.2 Å². The normalized spacial score (nSPS) is 11.2. The summed E-state index contributed by atoms with van der Waals surface area (Å²) >= 11 is 5.59. The molecule has 2 rings (SSSR count). The first-order chi connectivity index (χ1) is 9.58. The quantitative estimate of drug-likeness (QED) is 0.282. The van der Waals surface area contributed by atoms with Crippen molar-refractivity contribution >= 4 is 34.2 Å². The third-order valence-electron chi connectivity index (χ3n) is 2.69. The van der Waals surface area contributed by atoms with Crippen LogP contribution in [0.15, 0.2) is 54.6 Å². The minimum Gasteiger partial charge on any atom is -0.276 e. The van der Waals surface area contributed by atoms with Gasteiger partial charge in [-0.1, -0.05) is 42.5 Å². The van der Waals surface area contributed by atoms with Crippen LogP contribution < -0.4 is 0 Å². The zero-order chi connectivity index (χ0) is 14.5. The number of carbonyl (C=O) groups excluding carboxylic acids is 1. The number of nitro benzene ring substituents is 1. The molecule has 2 aromatic rings. The van der Waals surface area contributed by atoms with Crippen molar-refractivity contribution in [3.05, 3.63) is 75.8 Å². The van der Waals surface area contributed by atoms with Crippen molar-refractivity contribution in [2.75, 3.05) is 0 Å². The van der Waals surface area contributed by atoms with Gasteiger partial charge in [-0.25, -0.2) is 0 Å². The summed E-state index contributed by atoms with van der Waals surface area (Å²) in [5, 5.41) is 10.1. The van der Waals surface area contributed by atoms with E-state index in [1.807, 2.05) is 6.07 Å². The van der Waals surface area contributed by atoms with E-state index >= 15 is 0 Å². The van der Waals surface area contributed by atoms with Crippen molar-refractivity contribution in [3.63, 3.8) is 0 Å². The topological polar surface area (TPSA) is 60.2 Å². The first-order valence-electron chi connectivity index (χ1n) is 5.79. The largest absolute Gasteiger partial charge is 0.276 e. The lowest BCUT2D eigenvalue weighted by Crippen LogP contribution is -1.93. The summed E-state index contributed by atoms with van der Waals surface area (Å²) in [6.45, 7) is 0. The van der Waals surface area contributed by atoms with Crippen molar-refractivity contribution < 1.29 is 9.72 Å². The monoisotopic (exact) mass is 287 g/mol. The van der Waals surface area contributed by atoms with E-state index in [-0.39, 0.29) is 5.69 Å². The highest BCUT2D eigenvalue weighted by Gasteiger charge is 2.10. The van der Waals surface area contributed by atoms with E-state index in [1.54, 1.807) is 36.4 Å². The van der Waals surface area contributed by atoms with Crippen molar-refractivity contribution in [2.45, 2.75) is 0 Å². The van der Waals surface area contributed by atoms with E-state index in [0.717, 1.165) is 0 Å². The van der Waals surface area contributed by atoms with Crippen LogP contribution in [-0.4, -0.2) is 10.2 Å². The second-order valence-electron chi connectivity index (χ2n) is 4.05. The molecule has 0 atom stereocenters. The van der Waals surface area contributed by atoms with E-state index in [9.17, 15) is 14.9 Å². The molecule has 0 spiro atoms. The predicted octanol–water partition coefficient (Wildman–Crippen LogP) is 3.90. The number of carbonyl (C=O) groups is 1. The molecule has 0 radical (unpaired) electrons. The van der Waals surface area contributed by atoms with Crippen LogP contribution in [0.3, 0.4) is 0 Å². The molecule has 0 aliphatic heterocycles. The summed E-state index contributed by atoms with van der Waals surface area (Å²) < 4.78 is 0. The van der Waals surface area contributed by atoms with Crippen LogP contribution in [0.2, 0.25) is 0 Å². The summed E-state index contributed by atoms with van der Waals surface area (Å²) in [7, 11) is 0. The van der Waals surface area contributed by atoms with Crippen LogP contribution in [0.25, 0.3) is 11.6 Å². The van der Waals surface area contributed by atoms with Gasteiger partial charge in [0, 0.05) is 17.7 Å². The average Bonchev–Trinajstić information content (AvgIpc) is 2.45. The lowest BCUT2D eigenvalue weighted by molar-refractivity contribution is -0.384. The molecule has 4 nitrogen and oxygen atoms in total. The highest BCUT2D eigenvalue weighted by Crippen LogP contribution is 2.22. The number of hydrogen-bond acceptors (Lipinski definition) is 3. The van der Waals surface area contributed by atoms with Crippen LogP contribution in [0.4, 0.5) is 5.69 Å². The highest BCUT2D eigenvalue weighted by molar-refractivity contribution is 6.75. The molecule has 5 heteroatoms. The molecule has 0 N–H and O–H groups in total. The second kappa shape index (κ2) is 6.12. The van der Waals surface area contributed by atoms with E-state index in [2.05, 4.69) is 0 Å². The molecule has 0 aliphatic carbocycles. The molecule has 0 amide bonds. The summed E-state index contributed by atoms with van der Waals surface area (Å²) in [5.41, 5.74) is 1.48. The Kier molecular flexibility index (Phi) is 4.27. The second-order valence-corrected chi connectivity index (χ2v) is 4.39. The van der Waals surface area contributed by atoms with Crippen LogP contribution in [0.5, 0.6) is 0 Å². The molecule has 2 aromatic carbocycles. The number of benzene rings is 2. The van der Waals surface area contributed by atoms with Crippen LogP contribution in [0.1, 0.15) is 11.1 Å². The number of halogens is 1. The van der Waals surface area contributed by atoms with Crippen LogP contribution in [0, 0.1) is 10.1 Å². The molecule has 0 aliphatic rings. The maximum absolute atomic E-state index is 11.5. The summed E-state index contributed by atoms with van der Waals surface area (Å²) in [6.07, 6.45) is 1.54. The molecule has 0 aromatic heterocycles. The fraction of sp³-hybridized carbons (Fsp3) is 0. The van der Waals surface area contributed by atoms with E-state index in [0.29, 0.717) is 16.7 Å². The third-order valence-corrected chi connectivity index (χ3v) is 2.89. The maximum atomic E-state index is 11.5. The first kappa shape index (κ1) is 14.0. The van der Waals surface area contributed by atoms with Crippen LogP contribution >= 0.6 is 11.6 Å². The van der Waals surface area contributed by atoms with Gasteiger partial charge in [0.15, 0.2) is 0 Å². The number of nitrogens with zero attached hydrogens (tertiary/aromatic N) is 1. The molecular weight excluding hydrogens is 278 g/mol. The number of rotatable bonds is 4. The van der Waals surface area contributed by atoms with Gasteiger partial charge >= 0.3 is 0 Å². The van der Waals surface area contributed by atoms with Crippen LogP contribution in [-0.2, 0) is 4.79 Å². The lowest BCUT2D eigenvalue weighted by atomic mass is 10.0. The van der Waals surface area contributed by atoms with Gasteiger partial charge in [-0.15, -0.1) is 0 Å². The predicted molar refractivity (Wildman–Crippen MR) is 78.3 cm³/mol. The van der Waals surface area contributed by atoms with Gasteiger partial charge in [-0.3, -0.25) is 14.9 Å². The molecule has 0 bridgehead atoms. The van der Waals surface area contributed by atoms with Gasteiger partial charge in [0.1, 0.15) is 0 Å². The molecule has 0 saturated heterocycles. The Bertz CT molecular complexity index is 681. The number of nitro groups is 1. The average molecular weight is 288 g/mol. The fourth-order valence-electron chi connectivity index (χ4n) is 1.77. The Morgan fingerprint density at radius 2 is 1.80 bits per heavy atom. The third kappa shape index (κ3) is 3.30. The maximum Gasteiger partial charge on any atom is 0.270 e. The Morgan fingerprint density at radius 1 is 1.10 bits per heavy atom. The minimum atomic E-state index is -0.609. The Labute approximate surface area is 120 Å². The summed E-state index contributed by atoms with van der Waals surface area (Å²) in [5.74, 6) is 0. The molecular formula is C15H10ClNO3. The van der Waals surface area contributed by atoms with Gasteiger partial charge in [0.05, 0.1) is 4.92 Å². The van der Waals surface area contributed by atoms with Gasteiger partial charge < -0.3 is 0 Å². The highest BCUT2D eigenvalue weighted by atomic mass is 35.5. The zero-order valence-corrected chi connectivity index (χ0v) is 11.1. The molecule has 100 valence electrons. The molecule has 0 heterocycles. The molecule has 0 fully saturated rings. The van der Waals surface area contributed by atoms with Crippen molar-refractivity contribution in [3.8, 4) is 0 Å². The standard InChI is InChI=1S/C15H10ClNO3/c16-15(18)14(12-6-2-1-3-7-12)10-11-5-4-8-13(9-11)17(19)20/h1-10H/b14-10-.